The van der Waals surface area contributed by atoms with Crippen molar-refractivity contribution in [1.29, 1.82) is 0 Å². The number of aromatic nitrogens is 2. The number of benzene rings is 2. The minimum Gasteiger partial charge on any atom is -0.490 e. The van der Waals surface area contributed by atoms with Gasteiger partial charge in [0, 0.05) is 12.1 Å². The van der Waals surface area contributed by atoms with Gasteiger partial charge < -0.3 is 14.2 Å². The molecule has 0 saturated heterocycles. The van der Waals surface area contributed by atoms with E-state index >= 15 is 0 Å². The Balaban J connectivity index is 1.46. The maximum Gasteiger partial charge on any atom is 0.331 e. The smallest absolute Gasteiger partial charge is 0.331 e. The van der Waals surface area contributed by atoms with Crippen LogP contribution >= 0.6 is 22.9 Å². The molecule has 4 rings (SSSR count). The predicted molar refractivity (Wildman–Crippen MR) is 134 cm³/mol. The van der Waals surface area contributed by atoms with Gasteiger partial charge in [-0.15, -0.1) is 0 Å². The first-order valence-corrected chi connectivity index (χ1v) is 12.0. The molecular formula is C25H23ClN2O5S. The zero-order valence-corrected chi connectivity index (χ0v) is 20.3. The van der Waals surface area contributed by atoms with Gasteiger partial charge >= 0.3 is 5.97 Å². The summed E-state index contributed by atoms with van der Waals surface area (Å²) in [5.74, 6) is 0.426. The van der Waals surface area contributed by atoms with Crippen LogP contribution in [0.15, 0.2) is 53.3 Å². The predicted octanol–water partition coefficient (Wildman–Crippen LogP) is 5.51. The first-order valence-electron chi connectivity index (χ1n) is 10.8. The highest BCUT2D eigenvalue weighted by atomic mass is 35.5. The van der Waals surface area contributed by atoms with Crippen molar-refractivity contribution in [3.63, 3.8) is 0 Å². The Labute approximate surface area is 205 Å². The van der Waals surface area contributed by atoms with E-state index < -0.39 is 5.97 Å². The van der Waals surface area contributed by atoms with E-state index in [0.717, 1.165) is 16.6 Å². The van der Waals surface area contributed by atoms with Gasteiger partial charge in [0.05, 0.1) is 34.1 Å². The molecule has 2 aromatic carbocycles. The molecule has 0 aliphatic rings. The molecule has 176 valence electrons. The zero-order chi connectivity index (χ0) is 24.1. The van der Waals surface area contributed by atoms with Crippen LogP contribution in [0.2, 0.25) is 5.02 Å². The summed E-state index contributed by atoms with van der Waals surface area (Å²) in [4.78, 5) is 29.9. The summed E-state index contributed by atoms with van der Waals surface area (Å²) in [5, 5.41) is 0.397. The number of halogens is 1. The molecule has 0 fully saturated rings. The van der Waals surface area contributed by atoms with E-state index in [4.69, 9.17) is 25.8 Å². The van der Waals surface area contributed by atoms with E-state index in [2.05, 4.69) is 4.98 Å². The third kappa shape index (κ3) is 5.24. The normalized spacial score (nSPS) is 11.4. The van der Waals surface area contributed by atoms with Crippen LogP contribution in [0.5, 0.6) is 11.5 Å². The first-order chi connectivity index (χ1) is 16.5. The molecule has 0 aliphatic heterocycles. The third-order valence-corrected chi connectivity index (χ3v) is 6.11. The highest BCUT2D eigenvalue weighted by molar-refractivity contribution is 7.23. The summed E-state index contributed by atoms with van der Waals surface area (Å²) in [6.45, 7) is 4.73. The standard InChI is InChI=1S/C25H23ClN2O5S/c1-3-11-32-24-18(26)12-16(13-20(24)31-4-2)9-10-23(30)33-15-17-14-22(29)28-19-7-5-6-8-21(19)34-25(28)27-17/h5-10,12-14H,3-4,11,15H2,1-2H3. The van der Waals surface area contributed by atoms with Crippen LogP contribution in [0, 0.1) is 0 Å². The second kappa shape index (κ2) is 10.7. The summed E-state index contributed by atoms with van der Waals surface area (Å²) < 4.78 is 19.1. The van der Waals surface area contributed by atoms with Gasteiger partial charge in [-0.2, -0.15) is 0 Å². The van der Waals surface area contributed by atoms with Gasteiger partial charge in [0.15, 0.2) is 16.5 Å². The molecule has 2 aromatic heterocycles. The molecule has 7 nitrogen and oxygen atoms in total. The molecule has 0 aliphatic carbocycles. The second-order valence-corrected chi connectivity index (χ2v) is 8.74. The number of hydrogen-bond donors (Lipinski definition) is 0. The van der Waals surface area contributed by atoms with E-state index in [1.807, 2.05) is 38.1 Å². The Morgan fingerprint density at radius 3 is 2.79 bits per heavy atom. The minimum atomic E-state index is -0.571. The molecule has 0 amide bonds. The molecule has 9 heteroatoms. The lowest BCUT2D eigenvalue weighted by Gasteiger charge is -2.14. The topological polar surface area (TPSA) is 79.1 Å². The number of thiazole rings is 1. The highest BCUT2D eigenvalue weighted by Crippen LogP contribution is 2.37. The highest BCUT2D eigenvalue weighted by Gasteiger charge is 2.13. The number of ether oxygens (including phenoxy) is 3. The van der Waals surface area contributed by atoms with Crippen LogP contribution < -0.4 is 15.0 Å². The first kappa shape index (κ1) is 23.8. The fourth-order valence-electron chi connectivity index (χ4n) is 3.35. The van der Waals surface area contributed by atoms with Gasteiger partial charge in [-0.25, -0.2) is 9.78 Å². The van der Waals surface area contributed by atoms with Crippen LogP contribution in [-0.2, 0) is 16.1 Å². The third-order valence-electron chi connectivity index (χ3n) is 4.80. The molecule has 0 spiro atoms. The van der Waals surface area contributed by atoms with Crippen molar-refractivity contribution in [3.05, 3.63) is 75.2 Å². The van der Waals surface area contributed by atoms with Crippen LogP contribution in [0.3, 0.4) is 0 Å². The Morgan fingerprint density at radius 2 is 2.00 bits per heavy atom. The number of fused-ring (bicyclic) bond motifs is 3. The van der Waals surface area contributed by atoms with Crippen LogP contribution in [0.1, 0.15) is 31.5 Å². The largest absolute Gasteiger partial charge is 0.490 e. The van der Waals surface area contributed by atoms with Gasteiger partial charge in [0.2, 0.25) is 0 Å². The number of rotatable bonds is 9. The molecule has 0 radical (unpaired) electrons. The molecule has 4 aromatic rings. The molecule has 0 atom stereocenters. The minimum absolute atomic E-state index is 0.113. The maximum absolute atomic E-state index is 12.6. The quantitative estimate of drug-likeness (QED) is 0.224. The van der Waals surface area contributed by atoms with Gasteiger partial charge in [-0.3, -0.25) is 9.20 Å². The summed E-state index contributed by atoms with van der Waals surface area (Å²) in [6, 6.07) is 12.4. The van der Waals surface area contributed by atoms with Crippen LogP contribution in [0.4, 0.5) is 0 Å². The summed E-state index contributed by atoms with van der Waals surface area (Å²) in [6.07, 6.45) is 3.71. The van der Waals surface area contributed by atoms with Crippen molar-refractivity contribution in [1.82, 2.24) is 9.38 Å². The van der Waals surface area contributed by atoms with E-state index in [-0.39, 0.29) is 12.2 Å². The maximum atomic E-state index is 12.6. The Hall–Kier alpha value is -3.36. The van der Waals surface area contributed by atoms with Gasteiger partial charge in [0.1, 0.15) is 6.61 Å². The van der Waals surface area contributed by atoms with Gasteiger partial charge in [0.25, 0.3) is 5.56 Å². The molecule has 0 N–H and O–H groups in total. The monoisotopic (exact) mass is 498 g/mol. The fourth-order valence-corrected chi connectivity index (χ4v) is 4.67. The summed E-state index contributed by atoms with van der Waals surface area (Å²) >= 11 is 7.77. The van der Waals surface area contributed by atoms with Crippen molar-refractivity contribution in [2.24, 2.45) is 0 Å². The zero-order valence-electron chi connectivity index (χ0n) is 18.7. The Kier molecular flexibility index (Phi) is 7.49. The van der Waals surface area contributed by atoms with Gasteiger partial charge in [-0.1, -0.05) is 42.0 Å². The molecular weight excluding hydrogens is 476 g/mol. The van der Waals surface area contributed by atoms with Crippen molar-refractivity contribution in [2.45, 2.75) is 26.9 Å². The van der Waals surface area contributed by atoms with Gasteiger partial charge in [-0.05, 0) is 49.2 Å². The average molecular weight is 499 g/mol. The number of carbonyl (C=O) groups is 1. The average Bonchev–Trinajstić information content (AvgIpc) is 3.20. The lowest BCUT2D eigenvalue weighted by atomic mass is 10.2. The summed E-state index contributed by atoms with van der Waals surface area (Å²) in [7, 11) is 0. The lowest BCUT2D eigenvalue weighted by Crippen LogP contribution is -2.15. The Bertz CT molecular complexity index is 1430. The van der Waals surface area contributed by atoms with Crippen LogP contribution in [0.25, 0.3) is 21.3 Å². The van der Waals surface area contributed by atoms with Crippen molar-refractivity contribution >= 4 is 50.2 Å². The summed E-state index contributed by atoms with van der Waals surface area (Å²) in [5.41, 5.74) is 1.64. The molecule has 0 bridgehead atoms. The molecule has 34 heavy (non-hydrogen) atoms. The number of esters is 1. The molecule has 0 saturated carbocycles. The lowest BCUT2D eigenvalue weighted by molar-refractivity contribution is -0.139. The molecule has 0 unspecified atom stereocenters. The van der Waals surface area contributed by atoms with Crippen molar-refractivity contribution in [2.75, 3.05) is 13.2 Å². The SMILES string of the molecule is CCCOc1c(Cl)cc(C=CC(=O)OCc2cc(=O)n3c(n2)sc2ccccc23)cc1OCC. The number of nitrogens with zero attached hydrogens (tertiary/aromatic N) is 2. The van der Waals surface area contributed by atoms with E-state index in [1.165, 1.54) is 23.5 Å². The van der Waals surface area contributed by atoms with Crippen LogP contribution in [-0.4, -0.2) is 28.6 Å². The number of carbonyl (C=O) groups excluding carboxylic acids is 1. The Morgan fingerprint density at radius 1 is 1.18 bits per heavy atom. The van der Waals surface area contributed by atoms with E-state index in [1.54, 1.807) is 22.6 Å². The number of para-hydroxylation sites is 1. The fraction of sp³-hybridized carbons (Fsp3) is 0.240. The molecule has 2 heterocycles. The van der Waals surface area contributed by atoms with E-state index in [9.17, 15) is 9.59 Å². The van der Waals surface area contributed by atoms with E-state index in [0.29, 0.717) is 46.0 Å². The van der Waals surface area contributed by atoms with Crippen molar-refractivity contribution in [3.8, 4) is 11.5 Å². The second-order valence-electron chi connectivity index (χ2n) is 7.33. The number of hydrogen-bond acceptors (Lipinski definition) is 7. The van der Waals surface area contributed by atoms with Crippen molar-refractivity contribution < 1.29 is 19.0 Å².